The number of pyridine rings is 1. The number of anilines is 1. The number of aryl methyl sites for hydroxylation is 1. The Morgan fingerprint density at radius 3 is 2.38 bits per heavy atom. The lowest BCUT2D eigenvalue weighted by Crippen LogP contribution is -2.43. The van der Waals surface area contributed by atoms with Gasteiger partial charge in [-0.1, -0.05) is 68.2 Å². The van der Waals surface area contributed by atoms with Crippen molar-refractivity contribution in [3.63, 3.8) is 0 Å². The highest BCUT2D eigenvalue weighted by Gasteiger charge is 2.33. The smallest absolute Gasteiger partial charge is 0.357 e. The summed E-state index contributed by atoms with van der Waals surface area (Å²) in [5.74, 6) is 1.46. The minimum Gasteiger partial charge on any atom is -0.484 e. The predicted octanol–water partition coefficient (Wildman–Crippen LogP) is 6.74. The zero-order chi connectivity index (χ0) is 37.4. The molecule has 2 aliphatic rings. The number of carbonyl (C=O) groups is 2. The van der Waals surface area contributed by atoms with Crippen LogP contribution in [0.3, 0.4) is 0 Å². The van der Waals surface area contributed by atoms with Gasteiger partial charge in [0.1, 0.15) is 11.9 Å². The number of hydroxylamine groups is 1. The Hall–Kier alpha value is -4.69. The molecule has 4 heterocycles. The molecule has 5 aromatic rings. The van der Waals surface area contributed by atoms with Crippen molar-refractivity contribution in [2.45, 2.75) is 57.7 Å². The number of hydrogen-bond acceptors (Lipinski definition) is 9. The molecule has 1 N–H and O–H groups in total. The van der Waals surface area contributed by atoms with Crippen molar-refractivity contribution in [2.24, 2.45) is 7.05 Å². The van der Waals surface area contributed by atoms with E-state index in [1.54, 1.807) is 13.1 Å². The summed E-state index contributed by atoms with van der Waals surface area (Å²) in [5, 5.41) is 18.4. The summed E-state index contributed by atoms with van der Waals surface area (Å²) in [6.07, 6.45) is 2.73. The fourth-order valence-corrected chi connectivity index (χ4v) is 7.67. The number of aromatic nitrogens is 5. The number of ether oxygens (including phenoxy) is 1. The number of hydrogen-bond donors (Lipinski definition) is 1. The average Bonchev–Trinajstić information content (AvgIpc) is 3.72. The van der Waals surface area contributed by atoms with Gasteiger partial charge in [0.2, 0.25) is 0 Å². The Morgan fingerprint density at radius 1 is 0.981 bits per heavy atom. The summed E-state index contributed by atoms with van der Waals surface area (Å²) in [5.41, 5.74) is 4.61. The van der Waals surface area contributed by atoms with Crippen molar-refractivity contribution in [3.8, 4) is 17.1 Å². The average molecular weight is 761 g/mol. The molecule has 0 bridgehead atoms. The number of carbonyl (C=O) groups excluding carboxylic acids is 2. The lowest BCUT2D eigenvalue weighted by atomic mass is 9.85. The minimum atomic E-state index is -0.588. The van der Waals surface area contributed by atoms with Crippen LogP contribution >= 0.6 is 23.2 Å². The lowest BCUT2D eigenvalue weighted by Gasteiger charge is -2.33. The fraction of sp³-hybridized carbons (Fsp3) is 0.395. The molecule has 1 aliphatic heterocycles. The molecule has 0 spiro atoms. The van der Waals surface area contributed by atoms with Crippen LogP contribution in [0.15, 0.2) is 60.8 Å². The molecule has 3 aromatic heterocycles. The van der Waals surface area contributed by atoms with Gasteiger partial charge in [0.25, 0.3) is 0 Å². The van der Waals surface area contributed by atoms with Gasteiger partial charge in [0.05, 0.1) is 33.5 Å². The highest BCUT2D eigenvalue weighted by atomic mass is 35.5. The molecule has 15 heteroatoms. The van der Waals surface area contributed by atoms with Gasteiger partial charge in [-0.25, -0.2) is 9.48 Å². The number of piperazine rings is 1. The van der Waals surface area contributed by atoms with Gasteiger partial charge in [-0.2, -0.15) is 5.10 Å². The predicted molar refractivity (Wildman–Crippen MR) is 203 cm³/mol. The first-order valence-corrected chi connectivity index (χ1v) is 18.4. The van der Waals surface area contributed by atoms with Crippen molar-refractivity contribution in [2.75, 3.05) is 38.3 Å². The van der Waals surface area contributed by atoms with Crippen molar-refractivity contribution in [3.05, 3.63) is 93.2 Å². The third-order valence-electron chi connectivity index (χ3n) is 9.88. The molecule has 13 nitrogen and oxygen atoms in total. The number of likely N-dealkylation sites (N-methyl/N-ethyl adjacent to an activating group) is 1. The Bertz CT molecular complexity index is 2110. The first-order chi connectivity index (χ1) is 25.4. The number of fused-ring (bicyclic) bond motifs is 2. The number of amides is 2. The normalized spacial score (nSPS) is 18.1. The maximum absolute atomic E-state index is 13.6. The van der Waals surface area contributed by atoms with Crippen LogP contribution in [0.5, 0.6) is 5.75 Å². The van der Waals surface area contributed by atoms with E-state index >= 15 is 0 Å². The van der Waals surface area contributed by atoms with Gasteiger partial charge in [-0.3, -0.25) is 14.1 Å². The van der Waals surface area contributed by atoms with E-state index < -0.39 is 6.03 Å². The molecular formula is C38H43Cl2N9O4. The molecule has 7 rings (SSSR count). The highest BCUT2D eigenvalue weighted by molar-refractivity contribution is 6.39. The Kier molecular flexibility index (Phi) is 10.4. The monoisotopic (exact) mass is 759 g/mol. The molecule has 2 aromatic carbocycles. The SMILES string of the molecule is CN1CCN(Cc2cc(Cl)c(-c3nnc4ccc(O[C@@H]5CC[C@H](NC(=O)N(OC=O)c6cc(C(C)(C)C)nn6C)c6ccccc65)cn34)c(Cl)c2)CC1. The Morgan fingerprint density at radius 2 is 1.70 bits per heavy atom. The van der Waals surface area contributed by atoms with Crippen LogP contribution in [0, 0.1) is 0 Å². The number of benzene rings is 2. The topological polar surface area (TPSA) is 122 Å². The highest BCUT2D eigenvalue weighted by Crippen LogP contribution is 2.40. The van der Waals surface area contributed by atoms with Crippen molar-refractivity contribution >= 4 is 47.2 Å². The first kappa shape index (κ1) is 36.7. The van der Waals surface area contributed by atoms with E-state index in [9.17, 15) is 9.59 Å². The molecule has 278 valence electrons. The minimum absolute atomic E-state index is 0.229. The number of urea groups is 1. The van der Waals surface area contributed by atoms with E-state index in [1.807, 2.05) is 79.9 Å². The molecular weight excluding hydrogens is 717 g/mol. The van der Waals surface area contributed by atoms with Gasteiger partial charge in [-0.15, -0.1) is 15.3 Å². The van der Waals surface area contributed by atoms with Crippen LogP contribution in [-0.4, -0.2) is 79.9 Å². The second-order valence-corrected chi connectivity index (χ2v) is 15.5. The van der Waals surface area contributed by atoms with Crippen LogP contribution in [-0.2, 0) is 28.6 Å². The van der Waals surface area contributed by atoms with Crippen LogP contribution in [0.1, 0.15) is 68.1 Å². The van der Waals surface area contributed by atoms with Crippen molar-refractivity contribution < 1.29 is 19.2 Å². The Balaban J connectivity index is 1.09. The van der Waals surface area contributed by atoms with E-state index in [0.29, 0.717) is 51.5 Å². The van der Waals surface area contributed by atoms with Crippen LogP contribution in [0.2, 0.25) is 10.0 Å². The zero-order valence-corrected chi connectivity index (χ0v) is 31.9. The van der Waals surface area contributed by atoms with Gasteiger partial charge in [0.15, 0.2) is 17.3 Å². The summed E-state index contributed by atoms with van der Waals surface area (Å²) in [4.78, 5) is 35.0. The van der Waals surface area contributed by atoms with E-state index in [0.717, 1.165) is 60.2 Å². The van der Waals surface area contributed by atoms with Crippen LogP contribution in [0.4, 0.5) is 10.6 Å². The number of nitrogens with one attached hydrogen (secondary N) is 1. The summed E-state index contributed by atoms with van der Waals surface area (Å²) in [6.45, 7) is 11.1. The van der Waals surface area contributed by atoms with Crippen molar-refractivity contribution in [1.29, 1.82) is 0 Å². The van der Waals surface area contributed by atoms with E-state index in [4.69, 9.17) is 32.8 Å². The van der Waals surface area contributed by atoms with Gasteiger partial charge >= 0.3 is 12.5 Å². The van der Waals surface area contributed by atoms with E-state index in [-0.39, 0.29) is 24.0 Å². The molecule has 0 unspecified atom stereocenters. The largest absolute Gasteiger partial charge is 0.484 e. The van der Waals surface area contributed by atoms with Gasteiger partial charge < -0.3 is 19.8 Å². The standard InChI is InChI=1S/C38H43Cl2N9O4/c1-38(2,3)32-20-34(46(5)44-32)49(52-23-50)37(51)41-30-11-12-31(27-9-7-6-8-26(27)30)53-25-10-13-33-42-43-36(48(33)22-25)35-28(39)18-24(19-29(35)40)21-47-16-14-45(4)15-17-47/h6-10,13,18-20,22-23,30-31H,11-12,14-17,21H2,1-5H3,(H,41,51)/t30-,31+/m0/s1. The molecule has 1 aliphatic carbocycles. The second-order valence-electron chi connectivity index (χ2n) is 14.7. The fourth-order valence-electron chi connectivity index (χ4n) is 6.96. The molecule has 0 radical (unpaired) electrons. The quantitative estimate of drug-likeness (QED) is 0.129. The summed E-state index contributed by atoms with van der Waals surface area (Å²) < 4.78 is 9.98. The van der Waals surface area contributed by atoms with Gasteiger partial charge in [-0.05, 0) is 60.8 Å². The molecule has 1 fully saturated rings. The van der Waals surface area contributed by atoms with Crippen LogP contribution < -0.4 is 15.1 Å². The maximum Gasteiger partial charge on any atom is 0.357 e. The molecule has 2 atom stereocenters. The summed E-state index contributed by atoms with van der Waals surface area (Å²) in [6, 6.07) is 16.3. The van der Waals surface area contributed by atoms with Crippen molar-refractivity contribution in [1.82, 2.24) is 39.5 Å². The third kappa shape index (κ3) is 7.70. The lowest BCUT2D eigenvalue weighted by molar-refractivity contribution is -0.129. The van der Waals surface area contributed by atoms with E-state index in [1.165, 1.54) is 4.68 Å². The molecule has 0 saturated carbocycles. The molecule has 1 saturated heterocycles. The molecule has 2 amide bonds. The van der Waals surface area contributed by atoms with E-state index in [2.05, 4.69) is 37.5 Å². The first-order valence-electron chi connectivity index (χ1n) is 17.6. The maximum atomic E-state index is 13.6. The Labute approximate surface area is 318 Å². The number of nitrogens with zero attached hydrogens (tertiary/aromatic N) is 8. The zero-order valence-electron chi connectivity index (χ0n) is 30.4. The summed E-state index contributed by atoms with van der Waals surface area (Å²) >= 11 is 13.8. The second kappa shape index (κ2) is 15.0. The third-order valence-corrected chi connectivity index (χ3v) is 10.5. The number of rotatable bonds is 9. The molecule has 53 heavy (non-hydrogen) atoms. The van der Waals surface area contributed by atoms with Gasteiger partial charge in [0, 0.05) is 51.3 Å². The number of halogens is 2. The van der Waals surface area contributed by atoms with Crippen LogP contribution in [0.25, 0.3) is 17.0 Å². The summed E-state index contributed by atoms with van der Waals surface area (Å²) in [7, 11) is 3.84.